The van der Waals surface area contributed by atoms with Crippen molar-refractivity contribution in [2.75, 3.05) is 37.6 Å². The van der Waals surface area contributed by atoms with E-state index in [1.54, 1.807) is 35.2 Å². The number of anilines is 1. The molecule has 148 valence electrons. The average Bonchev–Trinajstić information content (AvgIpc) is 2.70. The number of rotatable bonds is 6. The van der Waals surface area contributed by atoms with Gasteiger partial charge >= 0.3 is 0 Å². The van der Waals surface area contributed by atoms with E-state index in [-0.39, 0.29) is 36.4 Å². The zero-order valence-corrected chi connectivity index (χ0v) is 15.5. The third kappa shape index (κ3) is 5.28. The standard InChI is InChI=1S/C21H23F2N3O2/c22-17-5-7-18(8-6-17)25-11-13-26(14-12-25)21(28)15-20(27)24-10-9-16-3-1-2-4-19(16)23/h1-8H,9-15H2,(H,24,27). The van der Waals surface area contributed by atoms with E-state index < -0.39 is 0 Å². The third-order valence-electron chi connectivity index (χ3n) is 4.81. The van der Waals surface area contributed by atoms with Crippen LogP contribution in [0.5, 0.6) is 0 Å². The molecule has 3 rings (SSSR count). The van der Waals surface area contributed by atoms with E-state index in [1.807, 2.05) is 0 Å². The summed E-state index contributed by atoms with van der Waals surface area (Å²) in [5.41, 5.74) is 1.45. The van der Waals surface area contributed by atoms with E-state index >= 15 is 0 Å². The SMILES string of the molecule is O=C(CC(=O)N1CCN(c2ccc(F)cc2)CC1)NCCc1ccccc1F. The summed E-state index contributed by atoms with van der Waals surface area (Å²) in [6, 6.07) is 12.7. The minimum Gasteiger partial charge on any atom is -0.368 e. The van der Waals surface area contributed by atoms with Gasteiger partial charge in [0.25, 0.3) is 0 Å². The normalized spacial score (nSPS) is 14.1. The topological polar surface area (TPSA) is 52.7 Å². The molecule has 0 aromatic heterocycles. The lowest BCUT2D eigenvalue weighted by atomic mass is 10.1. The van der Waals surface area contributed by atoms with E-state index in [9.17, 15) is 18.4 Å². The lowest BCUT2D eigenvalue weighted by Gasteiger charge is -2.36. The Balaban J connectivity index is 1.39. The quantitative estimate of drug-likeness (QED) is 0.775. The molecule has 0 spiro atoms. The van der Waals surface area contributed by atoms with Gasteiger partial charge in [-0.25, -0.2) is 8.78 Å². The second-order valence-electron chi connectivity index (χ2n) is 6.71. The van der Waals surface area contributed by atoms with Crippen LogP contribution in [0.3, 0.4) is 0 Å². The van der Waals surface area contributed by atoms with Gasteiger partial charge in [-0.05, 0) is 42.3 Å². The van der Waals surface area contributed by atoms with Crippen LogP contribution in [0.1, 0.15) is 12.0 Å². The van der Waals surface area contributed by atoms with Crippen LogP contribution in [0, 0.1) is 11.6 Å². The molecular weight excluding hydrogens is 364 g/mol. The maximum Gasteiger partial charge on any atom is 0.232 e. The van der Waals surface area contributed by atoms with Crippen LogP contribution in [-0.2, 0) is 16.0 Å². The molecule has 28 heavy (non-hydrogen) atoms. The molecule has 1 aliphatic rings. The predicted octanol–water partition coefficient (Wildman–Crippen LogP) is 2.36. The average molecular weight is 387 g/mol. The number of nitrogens with zero attached hydrogens (tertiary/aromatic N) is 2. The van der Waals surface area contributed by atoms with Gasteiger partial charge in [-0.1, -0.05) is 18.2 Å². The predicted molar refractivity (Wildman–Crippen MR) is 103 cm³/mol. The Morgan fingerprint density at radius 1 is 0.929 bits per heavy atom. The molecule has 0 radical (unpaired) electrons. The first-order valence-electron chi connectivity index (χ1n) is 9.31. The van der Waals surface area contributed by atoms with Crippen molar-refractivity contribution in [3.8, 4) is 0 Å². The van der Waals surface area contributed by atoms with Crippen molar-refractivity contribution in [2.45, 2.75) is 12.8 Å². The molecule has 0 aliphatic carbocycles. The van der Waals surface area contributed by atoms with Gasteiger partial charge in [0.15, 0.2) is 0 Å². The van der Waals surface area contributed by atoms with Gasteiger partial charge in [0, 0.05) is 38.4 Å². The third-order valence-corrected chi connectivity index (χ3v) is 4.81. The first kappa shape index (κ1) is 19.8. The minimum atomic E-state index is -0.359. The molecule has 0 atom stereocenters. The highest BCUT2D eigenvalue weighted by Crippen LogP contribution is 2.17. The van der Waals surface area contributed by atoms with E-state index in [1.165, 1.54) is 18.2 Å². The van der Waals surface area contributed by atoms with Gasteiger partial charge in [-0.3, -0.25) is 9.59 Å². The van der Waals surface area contributed by atoms with Gasteiger partial charge in [0.1, 0.15) is 18.1 Å². The van der Waals surface area contributed by atoms with Crippen LogP contribution >= 0.6 is 0 Å². The van der Waals surface area contributed by atoms with Gasteiger partial charge in [0.2, 0.25) is 11.8 Å². The molecule has 2 aromatic rings. The number of amides is 2. The molecule has 0 bridgehead atoms. The number of hydrogen-bond acceptors (Lipinski definition) is 3. The summed E-state index contributed by atoms with van der Waals surface area (Å²) in [7, 11) is 0. The number of benzene rings is 2. The Labute approximate surface area is 162 Å². The Morgan fingerprint density at radius 3 is 2.29 bits per heavy atom. The van der Waals surface area contributed by atoms with E-state index in [4.69, 9.17) is 0 Å². The van der Waals surface area contributed by atoms with Gasteiger partial charge < -0.3 is 15.1 Å². The lowest BCUT2D eigenvalue weighted by Crippen LogP contribution is -2.49. The van der Waals surface area contributed by atoms with Crippen molar-refractivity contribution >= 4 is 17.5 Å². The van der Waals surface area contributed by atoms with Gasteiger partial charge in [-0.2, -0.15) is 0 Å². The molecule has 7 heteroatoms. The molecule has 0 saturated carbocycles. The van der Waals surface area contributed by atoms with Crippen LogP contribution < -0.4 is 10.2 Å². The number of halogens is 2. The van der Waals surface area contributed by atoms with E-state index in [0.717, 1.165) is 5.69 Å². The fraction of sp³-hybridized carbons (Fsp3) is 0.333. The first-order chi connectivity index (χ1) is 13.5. The molecule has 2 aromatic carbocycles. The maximum absolute atomic E-state index is 13.5. The molecule has 1 N–H and O–H groups in total. The number of hydrogen-bond donors (Lipinski definition) is 1. The van der Waals surface area contributed by atoms with Crippen LogP contribution in [0.4, 0.5) is 14.5 Å². The Hall–Kier alpha value is -2.96. The van der Waals surface area contributed by atoms with Gasteiger partial charge in [-0.15, -0.1) is 0 Å². The summed E-state index contributed by atoms with van der Waals surface area (Å²) in [4.78, 5) is 28.1. The van der Waals surface area contributed by atoms with Crippen molar-refractivity contribution in [1.29, 1.82) is 0 Å². The minimum absolute atomic E-state index is 0.214. The summed E-state index contributed by atoms with van der Waals surface area (Å²) >= 11 is 0. The van der Waals surface area contributed by atoms with Crippen LogP contribution in [0.15, 0.2) is 48.5 Å². The largest absolute Gasteiger partial charge is 0.368 e. The van der Waals surface area contributed by atoms with Crippen LogP contribution in [0.2, 0.25) is 0 Å². The second kappa shape index (κ2) is 9.30. The molecule has 1 aliphatic heterocycles. The maximum atomic E-state index is 13.5. The Kier molecular flexibility index (Phi) is 6.57. The Bertz CT molecular complexity index is 819. The smallest absolute Gasteiger partial charge is 0.232 e. The summed E-state index contributed by atoms with van der Waals surface area (Å²) in [6.07, 6.45) is 0.163. The second-order valence-corrected chi connectivity index (χ2v) is 6.71. The monoisotopic (exact) mass is 387 g/mol. The molecule has 1 heterocycles. The molecule has 1 fully saturated rings. The highest BCUT2D eigenvalue weighted by atomic mass is 19.1. The van der Waals surface area contributed by atoms with Crippen LogP contribution in [-0.4, -0.2) is 49.4 Å². The zero-order valence-electron chi connectivity index (χ0n) is 15.5. The summed E-state index contributed by atoms with van der Waals surface area (Å²) in [5.74, 6) is -1.16. The molecule has 2 amide bonds. The fourth-order valence-electron chi connectivity index (χ4n) is 3.22. The van der Waals surface area contributed by atoms with E-state index in [0.29, 0.717) is 38.2 Å². The highest BCUT2D eigenvalue weighted by Gasteiger charge is 2.22. The first-order valence-corrected chi connectivity index (χ1v) is 9.31. The number of carbonyl (C=O) groups excluding carboxylic acids is 2. The van der Waals surface area contributed by atoms with Crippen molar-refractivity contribution in [1.82, 2.24) is 10.2 Å². The zero-order chi connectivity index (χ0) is 19.9. The number of nitrogens with one attached hydrogen (secondary N) is 1. The number of carbonyl (C=O) groups is 2. The molecule has 1 saturated heterocycles. The lowest BCUT2D eigenvalue weighted by molar-refractivity contribution is -0.136. The van der Waals surface area contributed by atoms with Crippen molar-refractivity contribution in [3.05, 3.63) is 65.7 Å². The van der Waals surface area contributed by atoms with Crippen molar-refractivity contribution < 1.29 is 18.4 Å². The molecular formula is C21H23F2N3O2. The highest BCUT2D eigenvalue weighted by molar-refractivity contribution is 5.97. The van der Waals surface area contributed by atoms with Crippen molar-refractivity contribution in [2.24, 2.45) is 0 Å². The van der Waals surface area contributed by atoms with Crippen LogP contribution in [0.25, 0.3) is 0 Å². The summed E-state index contributed by atoms with van der Waals surface area (Å²) < 4.78 is 26.6. The van der Waals surface area contributed by atoms with Gasteiger partial charge in [0.05, 0.1) is 0 Å². The summed E-state index contributed by atoms with van der Waals surface area (Å²) in [6.45, 7) is 2.57. The summed E-state index contributed by atoms with van der Waals surface area (Å²) in [5, 5.41) is 2.67. The number of piperazine rings is 1. The molecule has 0 unspecified atom stereocenters. The Morgan fingerprint density at radius 2 is 1.61 bits per heavy atom. The van der Waals surface area contributed by atoms with E-state index in [2.05, 4.69) is 10.2 Å². The molecule has 5 nitrogen and oxygen atoms in total. The fourth-order valence-corrected chi connectivity index (χ4v) is 3.22. The van der Waals surface area contributed by atoms with Crippen molar-refractivity contribution in [3.63, 3.8) is 0 Å².